The van der Waals surface area contributed by atoms with E-state index in [1.165, 1.54) is 0 Å². The second-order valence-corrected chi connectivity index (χ2v) is 14.4. The van der Waals surface area contributed by atoms with Crippen LogP contribution in [0.25, 0.3) is 6.08 Å². The van der Waals surface area contributed by atoms with Gasteiger partial charge in [-0.3, -0.25) is 9.59 Å². The predicted octanol–water partition coefficient (Wildman–Crippen LogP) is 7.60. The first-order valence-corrected chi connectivity index (χ1v) is 14.2. The molecule has 0 amide bonds. The maximum absolute atomic E-state index is 13.2. The van der Waals surface area contributed by atoms with Gasteiger partial charge in [0.2, 0.25) is 0 Å². The van der Waals surface area contributed by atoms with Crippen molar-refractivity contribution in [3.05, 3.63) is 65.0 Å². The van der Waals surface area contributed by atoms with Gasteiger partial charge in [-0.15, -0.1) is 0 Å². The first kappa shape index (κ1) is 29.9. The Hall–Kier alpha value is -2.62. The van der Waals surface area contributed by atoms with Gasteiger partial charge in [-0.1, -0.05) is 58.0 Å². The zero-order valence-electron chi connectivity index (χ0n) is 25.6. The second kappa shape index (κ2) is 10.9. The number of hydrogen-bond acceptors (Lipinski definition) is 4. The maximum atomic E-state index is 13.2. The Bertz CT molecular complexity index is 1120. The molecule has 0 bridgehead atoms. The molecule has 0 fully saturated rings. The third-order valence-electron chi connectivity index (χ3n) is 8.32. The van der Waals surface area contributed by atoms with E-state index >= 15 is 0 Å². The zero-order valence-corrected chi connectivity index (χ0v) is 25.6. The van der Waals surface area contributed by atoms with Crippen molar-refractivity contribution in [2.75, 3.05) is 13.1 Å². The molecule has 4 heteroatoms. The van der Waals surface area contributed by atoms with Gasteiger partial charge in [-0.05, 0) is 88.8 Å². The monoisotopic (exact) mass is 518 g/mol. The van der Waals surface area contributed by atoms with E-state index in [-0.39, 0.29) is 33.5 Å². The van der Waals surface area contributed by atoms with Crippen molar-refractivity contribution in [1.82, 2.24) is 9.80 Å². The summed E-state index contributed by atoms with van der Waals surface area (Å²) in [4.78, 5) is 31.0. The van der Waals surface area contributed by atoms with Gasteiger partial charge in [0.25, 0.3) is 0 Å². The predicted molar refractivity (Wildman–Crippen MR) is 160 cm³/mol. The number of ketones is 2. The fourth-order valence-electron chi connectivity index (χ4n) is 5.21. The number of carbonyl (C=O) groups is 2. The van der Waals surface area contributed by atoms with Crippen molar-refractivity contribution in [3.63, 3.8) is 0 Å². The highest BCUT2D eigenvalue weighted by atomic mass is 16.1. The average Bonchev–Trinajstić information content (AvgIpc) is 2.79. The van der Waals surface area contributed by atoms with Gasteiger partial charge in [0, 0.05) is 54.1 Å². The van der Waals surface area contributed by atoms with Crippen molar-refractivity contribution < 1.29 is 9.59 Å². The summed E-state index contributed by atoms with van der Waals surface area (Å²) in [7, 11) is 0. The van der Waals surface area contributed by atoms with Gasteiger partial charge in [-0.25, -0.2) is 0 Å². The third kappa shape index (κ3) is 7.27. The zero-order chi connectivity index (χ0) is 28.5. The van der Waals surface area contributed by atoms with Crippen LogP contribution in [0.15, 0.2) is 53.9 Å². The largest absolute Gasteiger partial charge is 0.372 e. The Morgan fingerprint density at radius 1 is 0.789 bits per heavy atom. The van der Waals surface area contributed by atoms with E-state index in [1.54, 1.807) is 6.08 Å². The number of carbonyl (C=O) groups excluding carboxylic acids is 2. The molecule has 2 aliphatic heterocycles. The maximum Gasteiger partial charge on any atom is 0.183 e. The van der Waals surface area contributed by atoms with Crippen molar-refractivity contribution >= 4 is 17.6 Å². The normalized spacial score (nSPS) is 19.8. The number of hydrogen-bond donors (Lipinski definition) is 0. The first-order valence-electron chi connectivity index (χ1n) is 14.2. The molecule has 3 rings (SSSR count). The van der Waals surface area contributed by atoms with Crippen molar-refractivity contribution in [2.24, 2.45) is 10.8 Å². The van der Waals surface area contributed by atoms with Gasteiger partial charge >= 0.3 is 0 Å². The first-order chi connectivity index (χ1) is 17.4. The molecule has 1 aromatic carbocycles. The molecule has 0 saturated carbocycles. The van der Waals surface area contributed by atoms with Crippen LogP contribution in [0.1, 0.15) is 99.6 Å². The fraction of sp³-hybridized carbons (Fsp3) is 0.588. The lowest BCUT2D eigenvalue weighted by molar-refractivity contribution is -0.117. The molecule has 0 saturated heterocycles. The van der Waals surface area contributed by atoms with Crippen LogP contribution < -0.4 is 0 Å². The van der Waals surface area contributed by atoms with Crippen molar-refractivity contribution in [1.29, 1.82) is 0 Å². The van der Waals surface area contributed by atoms with Gasteiger partial charge in [0.05, 0.1) is 0 Å². The Balaban J connectivity index is 1.65. The van der Waals surface area contributed by atoms with Crippen molar-refractivity contribution in [3.8, 4) is 0 Å². The lowest BCUT2D eigenvalue weighted by atomic mass is 9.76. The van der Waals surface area contributed by atoms with Crippen LogP contribution in [0.5, 0.6) is 0 Å². The molecule has 0 radical (unpaired) electrons. The summed E-state index contributed by atoms with van der Waals surface area (Å²) in [6, 6.07) is 8.22. The molecule has 38 heavy (non-hydrogen) atoms. The molecule has 2 aliphatic rings. The minimum Gasteiger partial charge on any atom is -0.372 e. The summed E-state index contributed by atoms with van der Waals surface area (Å²) in [5.74, 6) is 0.317. The summed E-state index contributed by atoms with van der Waals surface area (Å²) in [6.07, 6.45) is 11.0. The SMILES string of the molecule is CC1(C)CCN(C(C)(C)C)C=C1C(=O)/C=C/c1ccc(CCC(=O)C2=CN(C(C)(C)C)CCC2(C)C)cc1. The minimum absolute atomic E-state index is 0.00178. The smallest absolute Gasteiger partial charge is 0.183 e. The lowest BCUT2D eigenvalue weighted by Crippen LogP contribution is -2.44. The van der Waals surface area contributed by atoms with Crippen LogP contribution in [0, 0.1) is 10.8 Å². The van der Waals surface area contributed by atoms with Crippen LogP contribution >= 0.6 is 0 Å². The highest BCUT2D eigenvalue weighted by Gasteiger charge is 2.36. The lowest BCUT2D eigenvalue weighted by Gasteiger charge is -2.43. The number of aryl methyl sites for hydroxylation is 1. The topological polar surface area (TPSA) is 40.6 Å². The Morgan fingerprint density at radius 2 is 1.26 bits per heavy atom. The van der Waals surface area contributed by atoms with Crippen LogP contribution in [0.2, 0.25) is 0 Å². The van der Waals surface area contributed by atoms with E-state index in [0.717, 1.165) is 48.2 Å². The van der Waals surface area contributed by atoms with E-state index in [1.807, 2.05) is 18.2 Å². The standard InChI is InChI=1S/C34H50N2O2/c1-31(2,3)35-21-19-33(7,8)27(23-35)29(37)17-15-25-11-13-26(14-12-25)16-18-30(38)28-24-36(32(4,5)6)22-20-34(28,9)10/h11-15,17,23-24H,16,18-22H2,1-10H3/b17-15+. The van der Waals surface area contributed by atoms with Crippen molar-refractivity contribution in [2.45, 2.75) is 106 Å². The number of nitrogens with zero attached hydrogens (tertiary/aromatic N) is 2. The van der Waals surface area contributed by atoms with E-state index in [0.29, 0.717) is 12.8 Å². The van der Waals surface area contributed by atoms with Crippen LogP contribution in [-0.4, -0.2) is 45.5 Å². The molecular formula is C34H50N2O2. The summed E-state index contributed by atoms with van der Waals surface area (Å²) in [5.41, 5.74) is 3.74. The molecule has 0 atom stereocenters. The molecule has 0 unspecified atom stereocenters. The summed E-state index contributed by atoms with van der Waals surface area (Å²) >= 11 is 0. The number of rotatable bonds is 7. The number of Topliss-reactive ketones (excluding diaryl/α,β-unsaturated/α-hetero) is 1. The van der Waals surface area contributed by atoms with Gasteiger partial charge in [-0.2, -0.15) is 0 Å². The highest BCUT2D eigenvalue weighted by molar-refractivity contribution is 6.07. The molecule has 0 spiro atoms. The number of allylic oxidation sites excluding steroid dienone is 3. The molecular weight excluding hydrogens is 468 g/mol. The van der Waals surface area contributed by atoms with E-state index in [4.69, 9.17) is 0 Å². The van der Waals surface area contributed by atoms with E-state index < -0.39 is 0 Å². The molecule has 0 aliphatic carbocycles. The second-order valence-electron chi connectivity index (χ2n) is 14.4. The van der Waals surface area contributed by atoms with Gasteiger partial charge in [0.15, 0.2) is 11.6 Å². The van der Waals surface area contributed by atoms with Crippen LogP contribution in [0.4, 0.5) is 0 Å². The number of benzene rings is 1. The molecule has 0 aromatic heterocycles. The molecule has 2 heterocycles. The van der Waals surface area contributed by atoms with Gasteiger partial charge in [0.1, 0.15) is 0 Å². The minimum atomic E-state index is -0.133. The highest BCUT2D eigenvalue weighted by Crippen LogP contribution is 2.39. The quantitative estimate of drug-likeness (QED) is 0.349. The summed E-state index contributed by atoms with van der Waals surface area (Å²) < 4.78 is 0. The van der Waals surface area contributed by atoms with E-state index in [2.05, 4.69) is 104 Å². The molecule has 0 N–H and O–H groups in total. The Kier molecular flexibility index (Phi) is 8.56. The van der Waals surface area contributed by atoms with Crippen LogP contribution in [0.3, 0.4) is 0 Å². The average molecular weight is 519 g/mol. The third-order valence-corrected chi connectivity index (χ3v) is 8.32. The Morgan fingerprint density at radius 3 is 1.76 bits per heavy atom. The molecule has 208 valence electrons. The molecule has 4 nitrogen and oxygen atoms in total. The Labute approximate surface area is 231 Å². The van der Waals surface area contributed by atoms with E-state index in [9.17, 15) is 9.59 Å². The summed E-state index contributed by atoms with van der Waals surface area (Å²) in [5, 5.41) is 0. The van der Waals surface area contributed by atoms with Crippen LogP contribution in [-0.2, 0) is 16.0 Å². The fourth-order valence-corrected chi connectivity index (χ4v) is 5.21. The molecule has 1 aromatic rings. The van der Waals surface area contributed by atoms with Gasteiger partial charge < -0.3 is 9.80 Å². The summed E-state index contributed by atoms with van der Waals surface area (Å²) in [6.45, 7) is 23.8.